The van der Waals surface area contributed by atoms with E-state index in [2.05, 4.69) is 20.5 Å². The molecule has 5 aliphatic rings. The van der Waals surface area contributed by atoms with Gasteiger partial charge in [-0.25, -0.2) is 19.8 Å². The number of amides is 1. The SMILES string of the molecule is COc1ccc(CN(Cc2ccc(OC)cc2)c2cc(C)c(C(F)(F)F)c(-c3cc4c5c(c3Cl)NCN=C5N(Cc3cccnc3NC(=O)O)C=C(OC[C@@]35CCCN3CC3(C5)OCCO3)O4)n2)cc1. The fourth-order valence-electron chi connectivity index (χ4n) is 10.1. The maximum atomic E-state index is 15.6. The number of aliphatic imine (C=N–C) groups is 1. The van der Waals surface area contributed by atoms with Gasteiger partial charge in [-0.15, -0.1) is 0 Å². The van der Waals surface area contributed by atoms with E-state index < -0.39 is 34.9 Å². The van der Waals surface area contributed by atoms with Crippen molar-refractivity contribution in [1.82, 2.24) is 19.8 Å². The van der Waals surface area contributed by atoms with E-state index >= 15 is 13.2 Å². The van der Waals surface area contributed by atoms with Gasteiger partial charge in [-0.3, -0.25) is 10.2 Å². The predicted molar refractivity (Wildman–Crippen MR) is 254 cm³/mol. The van der Waals surface area contributed by atoms with Gasteiger partial charge in [0.2, 0.25) is 0 Å². The van der Waals surface area contributed by atoms with E-state index in [0.717, 1.165) is 30.5 Å². The number of alkyl halides is 3. The van der Waals surface area contributed by atoms with Crippen molar-refractivity contribution in [2.75, 3.05) is 69.3 Å². The second-order valence-corrected chi connectivity index (χ2v) is 18.2. The molecular weight excluding hydrogens is 933 g/mol. The number of methoxy groups -OCH3 is 2. The van der Waals surface area contributed by atoms with Crippen molar-refractivity contribution in [1.29, 1.82) is 0 Å². The quantitative estimate of drug-likeness (QED) is 0.0964. The van der Waals surface area contributed by atoms with Gasteiger partial charge in [0.25, 0.3) is 0 Å². The number of aryl methyl sites for hydroxylation is 1. The third-order valence-electron chi connectivity index (χ3n) is 13.3. The van der Waals surface area contributed by atoms with Crippen LogP contribution in [0.25, 0.3) is 11.3 Å². The molecule has 5 aromatic rings. The molecule has 0 aliphatic carbocycles. The van der Waals surface area contributed by atoms with Crippen LogP contribution in [0, 0.1) is 6.92 Å². The van der Waals surface area contributed by atoms with Crippen molar-refractivity contribution in [2.24, 2.45) is 4.99 Å². The Morgan fingerprint density at radius 3 is 2.37 bits per heavy atom. The van der Waals surface area contributed by atoms with Gasteiger partial charge in [0, 0.05) is 36.8 Å². The Balaban J connectivity index is 1.09. The molecule has 3 saturated heterocycles. The van der Waals surface area contributed by atoms with E-state index in [1.54, 1.807) is 37.5 Å². The summed E-state index contributed by atoms with van der Waals surface area (Å²) >= 11 is 7.35. The highest BCUT2D eigenvalue weighted by Crippen LogP contribution is 2.50. The maximum absolute atomic E-state index is 15.6. The van der Waals surface area contributed by atoms with Crippen molar-refractivity contribution in [3.63, 3.8) is 0 Å². The highest BCUT2D eigenvalue weighted by atomic mass is 35.5. The number of pyridine rings is 2. The van der Waals surface area contributed by atoms with Gasteiger partial charge in [-0.2, -0.15) is 13.2 Å². The average molecular weight is 983 g/mol. The Morgan fingerprint density at radius 1 is 1.01 bits per heavy atom. The van der Waals surface area contributed by atoms with E-state index in [1.807, 2.05) is 53.4 Å². The summed E-state index contributed by atoms with van der Waals surface area (Å²) in [5, 5.41) is 15.2. The zero-order chi connectivity index (χ0) is 48.8. The van der Waals surface area contributed by atoms with Crippen LogP contribution in [-0.2, 0) is 40.0 Å². The summed E-state index contributed by atoms with van der Waals surface area (Å²) in [7, 11) is 3.15. The summed E-state index contributed by atoms with van der Waals surface area (Å²) in [5.74, 6) is 1.40. The normalized spacial score (nSPS) is 19.0. The summed E-state index contributed by atoms with van der Waals surface area (Å²) in [5.41, 5.74) is 0.890. The van der Waals surface area contributed by atoms with Crippen LogP contribution in [0.15, 0.2) is 96.1 Å². The first-order valence-corrected chi connectivity index (χ1v) is 23.1. The van der Waals surface area contributed by atoms with Gasteiger partial charge in [0.05, 0.1) is 79.8 Å². The van der Waals surface area contributed by atoms with E-state index in [9.17, 15) is 9.90 Å². The molecular formula is C50H50ClF3N8O8. The number of nitrogens with zero attached hydrogens (tertiary/aromatic N) is 6. The number of rotatable bonds is 14. The molecule has 70 heavy (non-hydrogen) atoms. The van der Waals surface area contributed by atoms with Crippen LogP contribution in [0.1, 0.15) is 52.6 Å². The second-order valence-electron chi connectivity index (χ2n) is 17.8. The molecule has 3 aromatic carbocycles. The van der Waals surface area contributed by atoms with Gasteiger partial charge in [0.1, 0.15) is 48.0 Å². The molecule has 20 heteroatoms. The van der Waals surface area contributed by atoms with Crippen molar-refractivity contribution in [2.45, 2.75) is 63.3 Å². The molecule has 16 nitrogen and oxygen atoms in total. The molecule has 366 valence electrons. The summed E-state index contributed by atoms with van der Waals surface area (Å²) in [6, 6.07) is 21.2. The van der Waals surface area contributed by atoms with E-state index in [-0.39, 0.29) is 78.1 Å². The van der Waals surface area contributed by atoms with E-state index in [4.69, 9.17) is 50.0 Å². The molecule has 1 atom stereocenters. The number of benzene rings is 3. The van der Waals surface area contributed by atoms with Crippen molar-refractivity contribution < 1.29 is 51.5 Å². The standard InChI is InChI=1S/C50H50ClF3N8O8/c1-30-20-38(60(22-31-7-11-34(65-2)12-8-31)23-32-9-13-35(66-3)14-10-32)58-43(41(30)50(52,53)54)36-21-37-40-44(42(36)51)56-29-57-46(40)61(24-33-6-4-16-55-45(33)59-47(63)64)25-39(70-37)67-28-48-15-5-17-62(48)27-49(26-48)68-18-19-69-49/h4,6-14,16,20-21,25,56H,5,15,17-19,22-24,26-29H2,1-3H3,(H,55,59)(H,63,64)/t48-/m0/s1. The Hall–Kier alpha value is -6.80. The Morgan fingerprint density at radius 2 is 1.71 bits per heavy atom. The van der Waals surface area contributed by atoms with Crippen LogP contribution in [0.3, 0.4) is 0 Å². The maximum Gasteiger partial charge on any atom is 0.418 e. The molecule has 1 amide bonds. The Bertz CT molecular complexity index is 2810. The first-order chi connectivity index (χ1) is 33.7. The summed E-state index contributed by atoms with van der Waals surface area (Å²) in [6.07, 6.45) is -0.753. The van der Waals surface area contributed by atoms with Gasteiger partial charge >= 0.3 is 18.2 Å². The van der Waals surface area contributed by atoms with E-state index in [0.29, 0.717) is 54.6 Å². The highest BCUT2D eigenvalue weighted by molar-refractivity contribution is 6.37. The monoisotopic (exact) mass is 982 g/mol. The fraction of sp³-hybridized carbons (Fsp3) is 0.360. The number of fused-ring (bicyclic) bond motifs is 1. The van der Waals surface area contributed by atoms with Crippen molar-refractivity contribution in [3.8, 4) is 28.5 Å². The third kappa shape index (κ3) is 9.21. The van der Waals surface area contributed by atoms with Gasteiger partial charge < -0.3 is 48.6 Å². The molecule has 0 bridgehead atoms. The van der Waals surface area contributed by atoms with Crippen molar-refractivity contribution >= 4 is 40.9 Å². The molecule has 10 rings (SSSR count). The lowest BCUT2D eigenvalue weighted by atomic mass is 9.93. The number of nitrogens with one attached hydrogen (secondary N) is 2. The topological polar surface area (TPSA) is 165 Å². The molecule has 0 unspecified atom stereocenters. The Labute approximate surface area is 406 Å². The zero-order valence-electron chi connectivity index (χ0n) is 38.6. The number of carbonyl (C=O) groups is 1. The number of hydrogen-bond donors (Lipinski definition) is 3. The number of carboxylic acid groups (broad SMARTS) is 1. The lowest BCUT2D eigenvalue weighted by molar-refractivity contribution is -0.148. The average Bonchev–Trinajstić information content (AvgIpc) is 4.02. The summed E-state index contributed by atoms with van der Waals surface area (Å²) < 4.78 is 83.1. The predicted octanol–water partition coefficient (Wildman–Crippen LogP) is 9.26. The highest BCUT2D eigenvalue weighted by Gasteiger charge is 2.59. The van der Waals surface area contributed by atoms with Crippen LogP contribution in [0.4, 0.5) is 35.3 Å². The molecule has 0 radical (unpaired) electrons. The molecule has 3 N–H and O–H groups in total. The zero-order valence-corrected chi connectivity index (χ0v) is 39.3. The van der Waals surface area contributed by atoms with Crippen LogP contribution in [0.2, 0.25) is 5.02 Å². The van der Waals surface area contributed by atoms with Gasteiger partial charge in [-0.05, 0) is 85.5 Å². The number of amidine groups is 1. The summed E-state index contributed by atoms with van der Waals surface area (Å²) in [4.78, 5) is 31.8. The largest absolute Gasteiger partial charge is 0.497 e. The number of aromatic nitrogens is 2. The first-order valence-electron chi connectivity index (χ1n) is 22.7. The number of anilines is 3. The van der Waals surface area contributed by atoms with Crippen molar-refractivity contribution in [3.05, 3.63) is 130 Å². The Kier molecular flexibility index (Phi) is 12.6. The third-order valence-corrected chi connectivity index (χ3v) is 13.7. The van der Waals surface area contributed by atoms with Crippen LogP contribution < -0.4 is 29.7 Å². The van der Waals surface area contributed by atoms with Crippen LogP contribution in [-0.4, -0.2) is 102 Å². The fourth-order valence-corrected chi connectivity index (χ4v) is 10.5. The van der Waals surface area contributed by atoms with E-state index in [1.165, 1.54) is 25.3 Å². The smallest absolute Gasteiger partial charge is 0.418 e. The number of halogens is 4. The lowest BCUT2D eigenvalue weighted by Gasteiger charge is -2.31. The van der Waals surface area contributed by atoms with Crippen LogP contribution in [0.5, 0.6) is 17.2 Å². The minimum absolute atomic E-state index is 0.0127. The molecule has 2 aromatic heterocycles. The first kappa shape index (κ1) is 46.9. The molecule has 3 fully saturated rings. The second kappa shape index (κ2) is 18.8. The summed E-state index contributed by atoms with van der Waals surface area (Å²) in [6.45, 7) is 4.56. The lowest BCUT2D eigenvalue weighted by Crippen LogP contribution is -2.42. The van der Waals surface area contributed by atoms with Gasteiger partial charge in [0.15, 0.2) is 5.79 Å². The molecule has 7 heterocycles. The molecule has 5 aliphatic heterocycles. The number of hydrogen-bond acceptors (Lipinski definition) is 14. The minimum atomic E-state index is -4.86. The van der Waals surface area contributed by atoms with Crippen LogP contribution >= 0.6 is 11.6 Å². The molecule has 0 saturated carbocycles. The minimum Gasteiger partial charge on any atom is -0.497 e. The number of ether oxygens (including phenoxy) is 6. The molecule has 1 spiro atoms. The van der Waals surface area contributed by atoms with Gasteiger partial charge in [-0.1, -0.05) is 41.9 Å².